The summed E-state index contributed by atoms with van der Waals surface area (Å²) in [6.07, 6.45) is -2.81. The van der Waals surface area contributed by atoms with Crippen LogP contribution in [0.15, 0.2) is 59.1 Å². The Morgan fingerprint density at radius 2 is 1.81 bits per heavy atom. The van der Waals surface area contributed by atoms with E-state index in [1.54, 1.807) is 0 Å². The highest BCUT2D eigenvalue weighted by Gasteiger charge is 2.32. The molecule has 1 saturated heterocycles. The van der Waals surface area contributed by atoms with Gasteiger partial charge in [0.2, 0.25) is 0 Å². The first kappa shape index (κ1) is 21.7. The zero-order valence-electron chi connectivity index (χ0n) is 17.5. The molecule has 1 fully saturated rings. The summed E-state index contributed by atoms with van der Waals surface area (Å²) in [6, 6.07) is 14.5. The Bertz CT molecular complexity index is 1170. The fourth-order valence-corrected chi connectivity index (χ4v) is 5.88. The lowest BCUT2D eigenvalue weighted by atomic mass is 9.91. The number of aromatic nitrogens is 2. The largest absolute Gasteiger partial charge is 0.433 e. The van der Waals surface area contributed by atoms with E-state index in [2.05, 4.69) is 53.2 Å². The molecule has 31 heavy (non-hydrogen) atoms. The van der Waals surface area contributed by atoms with Crippen LogP contribution in [0.5, 0.6) is 0 Å². The van der Waals surface area contributed by atoms with Crippen LogP contribution in [0, 0.1) is 13.8 Å². The number of halogens is 3. The van der Waals surface area contributed by atoms with Crippen LogP contribution >= 0.6 is 0 Å². The number of hydrogen-bond donors (Lipinski definition) is 0. The molecule has 162 valence electrons. The maximum absolute atomic E-state index is 12.7. The Kier molecular flexibility index (Phi) is 5.97. The van der Waals surface area contributed by atoms with Crippen molar-refractivity contribution in [3.8, 4) is 11.3 Å². The maximum atomic E-state index is 12.7. The Labute approximate surface area is 182 Å². The van der Waals surface area contributed by atoms with Gasteiger partial charge in [0.15, 0.2) is 0 Å². The summed E-state index contributed by atoms with van der Waals surface area (Å²) in [5.74, 6) is 2.35. The smallest absolute Gasteiger partial charge is 0.233 e. The van der Waals surface area contributed by atoms with Crippen molar-refractivity contribution in [2.75, 3.05) is 11.5 Å². The zero-order chi connectivity index (χ0) is 22.2. The van der Waals surface area contributed by atoms with E-state index in [4.69, 9.17) is 4.98 Å². The molecule has 1 aliphatic rings. The second-order valence-corrected chi connectivity index (χ2v) is 9.87. The summed E-state index contributed by atoms with van der Waals surface area (Å²) in [7, 11) is -0.602. The summed E-state index contributed by atoms with van der Waals surface area (Å²) in [4.78, 5) is 9.32. The summed E-state index contributed by atoms with van der Waals surface area (Å²) >= 11 is 0. The average molecular weight is 444 g/mol. The Balaban J connectivity index is 1.63. The SMILES string of the molecule is C=C(N=S1CCC(c2ccc3nc(C)nc(-c4cccc(C)c4)c3c2)CC1)C(F)(F)F. The molecule has 0 atom stereocenters. The quantitative estimate of drug-likeness (QED) is 0.453. The lowest BCUT2D eigenvalue weighted by Gasteiger charge is -2.25. The van der Waals surface area contributed by atoms with Crippen LogP contribution in [0.4, 0.5) is 13.2 Å². The standard InChI is InChI=1S/C24H24F3N3S/c1-15-5-4-6-20(13-15)23-21-14-19(7-8-22(21)28-17(3)29-23)18-9-11-31(12-10-18)30-16(2)24(25,26)27/h4-8,13-14,18H,2,9-12H2,1,3H3. The first-order valence-electron chi connectivity index (χ1n) is 10.2. The molecular weight excluding hydrogens is 419 g/mol. The molecule has 0 unspecified atom stereocenters. The van der Waals surface area contributed by atoms with E-state index >= 15 is 0 Å². The van der Waals surface area contributed by atoms with Crippen LogP contribution in [0.2, 0.25) is 0 Å². The van der Waals surface area contributed by atoms with E-state index < -0.39 is 22.6 Å². The summed E-state index contributed by atoms with van der Waals surface area (Å²) < 4.78 is 42.0. The van der Waals surface area contributed by atoms with E-state index in [-0.39, 0.29) is 0 Å². The van der Waals surface area contributed by atoms with Gasteiger partial charge in [0, 0.05) is 22.5 Å². The molecule has 0 radical (unpaired) electrons. The number of hydrogen-bond acceptors (Lipinski definition) is 3. The van der Waals surface area contributed by atoms with Gasteiger partial charge >= 0.3 is 6.18 Å². The van der Waals surface area contributed by atoms with Crippen molar-refractivity contribution >= 4 is 21.6 Å². The lowest BCUT2D eigenvalue weighted by molar-refractivity contribution is -0.0916. The van der Waals surface area contributed by atoms with Crippen molar-refractivity contribution in [1.82, 2.24) is 9.97 Å². The van der Waals surface area contributed by atoms with Gasteiger partial charge in [-0.15, -0.1) is 0 Å². The van der Waals surface area contributed by atoms with E-state index in [0.717, 1.165) is 40.8 Å². The molecule has 3 aromatic rings. The lowest BCUT2D eigenvalue weighted by Crippen LogP contribution is -2.19. The van der Waals surface area contributed by atoms with Crippen molar-refractivity contribution in [2.45, 2.75) is 38.8 Å². The van der Waals surface area contributed by atoms with Crippen molar-refractivity contribution < 1.29 is 13.2 Å². The number of alkyl halides is 3. The van der Waals surface area contributed by atoms with E-state index in [9.17, 15) is 13.2 Å². The Morgan fingerprint density at radius 3 is 2.48 bits per heavy atom. The zero-order valence-corrected chi connectivity index (χ0v) is 18.4. The molecule has 4 rings (SSSR count). The number of fused-ring (bicyclic) bond motifs is 1. The van der Waals surface area contributed by atoms with Crippen molar-refractivity contribution in [1.29, 1.82) is 0 Å². The van der Waals surface area contributed by atoms with Crippen molar-refractivity contribution in [3.63, 3.8) is 0 Å². The van der Waals surface area contributed by atoms with E-state index in [1.165, 1.54) is 11.1 Å². The van der Waals surface area contributed by atoms with Crippen LogP contribution in [0.25, 0.3) is 22.2 Å². The van der Waals surface area contributed by atoms with Gasteiger partial charge in [-0.25, -0.2) is 14.3 Å². The molecule has 1 aromatic heterocycles. The third-order valence-corrected chi connectivity index (χ3v) is 7.46. The van der Waals surface area contributed by atoms with Gasteiger partial charge in [0.25, 0.3) is 0 Å². The van der Waals surface area contributed by atoms with Crippen LogP contribution in [0.3, 0.4) is 0 Å². The molecule has 0 saturated carbocycles. The molecule has 0 aliphatic carbocycles. The summed E-state index contributed by atoms with van der Waals surface area (Å²) in [5.41, 5.74) is 4.27. The molecular formula is C24H24F3N3S. The van der Waals surface area contributed by atoms with Crippen molar-refractivity contribution in [3.05, 3.63) is 71.7 Å². The third kappa shape index (κ3) is 4.87. The predicted molar refractivity (Wildman–Crippen MR) is 121 cm³/mol. The topological polar surface area (TPSA) is 38.1 Å². The normalized spacial score (nSPS) is 19.4. The Hall–Kier alpha value is -2.54. The van der Waals surface area contributed by atoms with Gasteiger partial charge in [0.1, 0.15) is 11.5 Å². The second kappa shape index (κ2) is 8.54. The van der Waals surface area contributed by atoms with Gasteiger partial charge in [-0.3, -0.25) is 0 Å². The molecule has 7 heteroatoms. The van der Waals surface area contributed by atoms with Crippen LogP contribution in [-0.2, 0) is 10.7 Å². The second-order valence-electron chi connectivity index (χ2n) is 7.95. The molecule has 0 N–H and O–H groups in total. The van der Waals surface area contributed by atoms with Crippen LogP contribution in [-0.4, -0.2) is 27.6 Å². The maximum Gasteiger partial charge on any atom is 0.433 e. The fraction of sp³-hybridized carbons (Fsp3) is 0.333. The van der Waals surface area contributed by atoms with Crippen LogP contribution in [0.1, 0.15) is 35.7 Å². The molecule has 1 aliphatic heterocycles. The number of rotatable bonds is 3. The van der Waals surface area contributed by atoms with E-state index in [0.29, 0.717) is 17.4 Å². The van der Waals surface area contributed by atoms with Gasteiger partial charge in [0.05, 0.1) is 11.2 Å². The summed E-state index contributed by atoms with van der Waals surface area (Å²) in [5, 5.41) is 1.01. The van der Waals surface area contributed by atoms with Crippen molar-refractivity contribution in [2.24, 2.45) is 4.36 Å². The molecule has 0 bridgehead atoms. The molecule has 3 nitrogen and oxygen atoms in total. The van der Waals surface area contributed by atoms with Gasteiger partial charge in [-0.05, 0) is 56.4 Å². The number of benzene rings is 2. The molecule has 2 heterocycles. The molecule has 0 amide bonds. The monoisotopic (exact) mass is 443 g/mol. The number of allylic oxidation sites excluding steroid dienone is 1. The Morgan fingerprint density at radius 1 is 1.06 bits per heavy atom. The molecule has 2 aromatic carbocycles. The van der Waals surface area contributed by atoms with Gasteiger partial charge in [-0.1, -0.05) is 47.1 Å². The van der Waals surface area contributed by atoms with Crippen LogP contribution < -0.4 is 0 Å². The van der Waals surface area contributed by atoms with Gasteiger partial charge in [-0.2, -0.15) is 13.2 Å². The number of nitrogens with zero attached hydrogens (tertiary/aromatic N) is 3. The highest BCUT2D eigenvalue weighted by Crippen LogP contribution is 2.34. The minimum absolute atomic E-state index is 0.300. The first-order valence-corrected chi connectivity index (χ1v) is 11.7. The van der Waals surface area contributed by atoms with E-state index in [1.807, 2.05) is 19.1 Å². The first-order chi connectivity index (χ1) is 14.7. The highest BCUT2D eigenvalue weighted by molar-refractivity contribution is 7.87. The fourth-order valence-electron chi connectivity index (χ4n) is 3.96. The minimum atomic E-state index is -4.44. The predicted octanol–water partition coefficient (Wildman–Crippen LogP) is 6.67. The minimum Gasteiger partial charge on any atom is -0.233 e. The highest BCUT2D eigenvalue weighted by atomic mass is 32.2. The molecule has 0 spiro atoms. The number of aryl methyl sites for hydroxylation is 2. The third-order valence-electron chi connectivity index (χ3n) is 5.56. The summed E-state index contributed by atoms with van der Waals surface area (Å²) in [6.45, 7) is 7.04. The average Bonchev–Trinajstić information content (AvgIpc) is 2.72. The van der Waals surface area contributed by atoms with Gasteiger partial charge < -0.3 is 0 Å².